The number of carbonyl (C=O) groups is 1. The van der Waals surface area contributed by atoms with Crippen LogP contribution in [0.2, 0.25) is 0 Å². The van der Waals surface area contributed by atoms with Crippen LogP contribution >= 0.6 is 11.3 Å². The highest BCUT2D eigenvalue weighted by Gasteiger charge is 2.26. The molecule has 1 amide bonds. The smallest absolute Gasteiger partial charge is 0.389 e. The molecular weight excluding hydrogens is 308 g/mol. The Kier molecular flexibility index (Phi) is 4.36. The first-order chi connectivity index (χ1) is 9.78. The summed E-state index contributed by atoms with van der Waals surface area (Å²) in [6.45, 7) is -0.0968. The molecule has 2 rings (SSSR count). The summed E-state index contributed by atoms with van der Waals surface area (Å²) in [5, 5.41) is 2.82. The molecule has 3 nitrogen and oxygen atoms in total. The number of hydrogen-bond acceptors (Lipinski definition) is 3. The van der Waals surface area contributed by atoms with E-state index >= 15 is 0 Å². The van der Waals surface area contributed by atoms with Crippen molar-refractivity contribution >= 4 is 33.0 Å². The van der Waals surface area contributed by atoms with E-state index in [1.807, 2.05) is 0 Å². The van der Waals surface area contributed by atoms with Crippen molar-refractivity contribution in [2.24, 2.45) is 0 Å². The highest BCUT2D eigenvalue weighted by Crippen LogP contribution is 2.34. The van der Waals surface area contributed by atoms with Gasteiger partial charge in [-0.2, -0.15) is 13.2 Å². The second-order valence-electron chi connectivity index (χ2n) is 4.46. The Balaban J connectivity index is 2.04. The number of benzene rings is 1. The molecule has 0 radical (unpaired) electrons. The van der Waals surface area contributed by atoms with E-state index in [-0.39, 0.29) is 23.5 Å². The topological polar surface area (TPSA) is 55.1 Å². The average Bonchev–Trinajstić information content (AvgIpc) is 2.71. The van der Waals surface area contributed by atoms with Gasteiger partial charge in [-0.1, -0.05) is 0 Å². The van der Waals surface area contributed by atoms with Crippen molar-refractivity contribution < 1.29 is 22.4 Å². The van der Waals surface area contributed by atoms with Crippen LogP contribution in [0.5, 0.6) is 0 Å². The first-order valence-corrected chi connectivity index (χ1v) is 6.92. The van der Waals surface area contributed by atoms with E-state index in [1.165, 1.54) is 18.2 Å². The molecule has 0 aliphatic rings. The zero-order chi connectivity index (χ0) is 15.6. The molecule has 0 unspecified atom stereocenters. The van der Waals surface area contributed by atoms with Crippen molar-refractivity contribution in [3.05, 3.63) is 28.9 Å². The van der Waals surface area contributed by atoms with Crippen LogP contribution in [0, 0.1) is 5.82 Å². The van der Waals surface area contributed by atoms with Gasteiger partial charge < -0.3 is 11.1 Å². The van der Waals surface area contributed by atoms with Gasteiger partial charge in [0.15, 0.2) is 0 Å². The molecule has 0 saturated carbocycles. The van der Waals surface area contributed by atoms with Crippen LogP contribution < -0.4 is 11.1 Å². The van der Waals surface area contributed by atoms with Gasteiger partial charge in [0, 0.05) is 23.1 Å². The molecule has 0 atom stereocenters. The maximum absolute atomic E-state index is 13.1. The molecule has 0 bridgehead atoms. The molecular formula is C13H12F4N2OS. The standard InChI is InChI=1S/C13H12F4N2OS/c14-7-2-3-9-8(6-7)10(18)11(21-9)12(20)19-5-1-4-13(15,16)17/h2-3,6H,1,4-5,18H2,(H,19,20). The number of halogens is 4. The van der Waals surface area contributed by atoms with Crippen molar-refractivity contribution in [3.63, 3.8) is 0 Å². The maximum atomic E-state index is 13.1. The quantitative estimate of drug-likeness (QED) is 0.667. The SMILES string of the molecule is Nc1c(C(=O)NCCCC(F)(F)F)sc2ccc(F)cc12. The summed E-state index contributed by atoms with van der Waals surface area (Å²) in [4.78, 5) is 12.1. The lowest BCUT2D eigenvalue weighted by atomic mass is 10.2. The molecule has 1 aromatic heterocycles. The van der Waals surface area contributed by atoms with Crippen molar-refractivity contribution in [1.82, 2.24) is 5.32 Å². The third-order valence-corrected chi connectivity index (χ3v) is 4.00. The van der Waals surface area contributed by atoms with Gasteiger partial charge in [0.2, 0.25) is 0 Å². The first kappa shape index (κ1) is 15.6. The van der Waals surface area contributed by atoms with Gasteiger partial charge in [0.05, 0.1) is 5.69 Å². The predicted molar refractivity (Wildman–Crippen MR) is 73.8 cm³/mol. The molecule has 1 aromatic carbocycles. The normalized spacial score (nSPS) is 11.8. The van der Waals surface area contributed by atoms with Crippen LogP contribution in [0.15, 0.2) is 18.2 Å². The van der Waals surface area contributed by atoms with Crippen molar-refractivity contribution in [1.29, 1.82) is 0 Å². The number of anilines is 1. The van der Waals surface area contributed by atoms with Gasteiger partial charge >= 0.3 is 6.18 Å². The van der Waals surface area contributed by atoms with Crippen molar-refractivity contribution in [3.8, 4) is 0 Å². The van der Waals surface area contributed by atoms with E-state index in [0.29, 0.717) is 10.1 Å². The van der Waals surface area contributed by atoms with Gasteiger partial charge in [0.1, 0.15) is 10.7 Å². The second-order valence-corrected chi connectivity index (χ2v) is 5.51. The largest absolute Gasteiger partial charge is 0.397 e. The van der Waals surface area contributed by atoms with E-state index < -0.39 is 24.3 Å². The lowest BCUT2D eigenvalue weighted by molar-refractivity contribution is -0.135. The number of alkyl halides is 3. The zero-order valence-electron chi connectivity index (χ0n) is 10.8. The van der Waals surface area contributed by atoms with E-state index in [4.69, 9.17) is 5.73 Å². The minimum absolute atomic E-state index is 0.0968. The van der Waals surface area contributed by atoms with Crippen molar-refractivity contribution in [2.45, 2.75) is 19.0 Å². The first-order valence-electron chi connectivity index (χ1n) is 6.10. The zero-order valence-corrected chi connectivity index (χ0v) is 11.6. The van der Waals surface area contributed by atoms with Crippen LogP contribution in [0.1, 0.15) is 22.5 Å². The molecule has 8 heteroatoms. The third kappa shape index (κ3) is 3.84. The summed E-state index contributed by atoms with van der Waals surface area (Å²) in [5.41, 5.74) is 5.93. The summed E-state index contributed by atoms with van der Waals surface area (Å²) in [7, 11) is 0. The number of thiophene rings is 1. The van der Waals surface area contributed by atoms with E-state index in [1.54, 1.807) is 0 Å². The van der Waals surface area contributed by atoms with Gasteiger partial charge in [-0.15, -0.1) is 11.3 Å². The molecule has 114 valence electrons. The number of nitrogens with one attached hydrogen (secondary N) is 1. The summed E-state index contributed by atoms with van der Waals surface area (Å²) in [6, 6.07) is 3.98. The van der Waals surface area contributed by atoms with Crippen LogP contribution in [0.25, 0.3) is 10.1 Å². The number of hydrogen-bond donors (Lipinski definition) is 2. The Morgan fingerprint density at radius 3 is 2.71 bits per heavy atom. The Hall–Kier alpha value is -1.83. The molecule has 2 aromatic rings. The number of nitrogens with two attached hydrogens (primary N) is 1. The number of carbonyl (C=O) groups excluding carboxylic acids is 1. The Bertz CT molecular complexity index is 666. The average molecular weight is 320 g/mol. The van der Waals surface area contributed by atoms with Gasteiger partial charge in [-0.3, -0.25) is 4.79 Å². The molecule has 0 spiro atoms. The molecule has 0 aliphatic heterocycles. The highest BCUT2D eigenvalue weighted by molar-refractivity contribution is 7.21. The van der Waals surface area contributed by atoms with E-state index in [2.05, 4.69) is 5.32 Å². The summed E-state index contributed by atoms with van der Waals surface area (Å²) in [5.74, 6) is -1.01. The molecule has 0 saturated heterocycles. The molecule has 0 fully saturated rings. The Morgan fingerprint density at radius 2 is 2.05 bits per heavy atom. The fraction of sp³-hybridized carbons (Fsp3) is 0.308. The monoisotopic (exact) mass is 320 g/mol. The molecule has 3 N–H and O–H groups in total. The van der Waals surface area contributed by atoms with Crippen LogP contribution in [0.3, 0.4) is 0 Å². The van der Waals surface area contributed by atoms with Gasteiger partial charge in [-0.25, -0.2) is 4.39 Å². The maximum Gasteiger partial charge on any atom is 0.389 e. The van der Waals surface area contributed by atoms with Crippen LogP contribution in [-0.2, 0) is 0 Å². The minimum Gasteiger partial charge on any atom is -0.397 e. The lowest BCUT2D eigenvalue weighted by Gasteiger charge is -2.07. The Morgan fingerprint density at radius 1 is 1.33 bits per heavy atom. The lowest BCUT2D eigenvalue weighted by Crippen LogP contribution is -2.25. The van der Waals surface area contributed by atoms with Crippen LogP contribution in [-0.4, -0.2) is 18.6 Å². The van der Waals surface area contributed by atoms with Gasteiger partial charge in [-0.05, 0) is 24.6 Å². The summed E-state index contributed by atoms with van der Waals surface area (Å²) < 4.78 is 49.7. The molecule has 1 heterocycles. The second kappa shape index (κ2) is 5.88. The minimum atomic E-state index is -4.24. The van der Waals surface area contributed by atoms with Crippen molar-refractivity contribution in [2.75, 3.05) is 12.3 Å². The van der Waals surface area contributed by atoms with E-state index in [0.717, 1.165) is 11.3 Å². The summed E-state index contributed by atoms with van der Waals surface area (Å²) >= 11 is 1.08. The number of fused-ring (bicyclic) bond motifs is 1. The Labute approximate surface area is 121 Å². The molecule has 0 aliphatic carbocycles. The number of nitrogen functional groups attached to an aromatic ring is 1. The number of rotatable bonds is 4. The highest BCUT2D eigenvalue weighted by atomic mass is 32.1. The van der Waals surface area contributed by atoms with Gasteiger partial charge in [0.25, 0.3) is 5.91 Å². The predicted octanol–water partition coefficient (Wildman–Crippen LogP) is 3.69. The molecule has 21 heavy (non-hydrogen) atoms. The van der Waals surface area contributed by atoms with Crippen LogP contribution in [0.4, 0.5) is 23.2 Å². The summed E-state index contributed by atoms with van der Waals surface area (Å²) in [6.07, 6.45) is -5.39. The fourth-order valence-electron chi connectivity index (χ4n) is 1.83. The fourth-order valence-corrected chi connectivity index (χ4v) is 2.85. The number of amides is 1. The van der Waals surface area contributed by atoms with E-state index in [9.17, 15) is 22.4 Å². The third-order valence-electron chi connectivity index (χ3n) is 2.82.